The van der Waals surface area contributed by atoms with Crippen LogP contribution in [-0.2, 0) is 32.4 Å². The van der Waals surface area contributed by atoms with E-state index in [0.717, 1.165) is 40.2 Å². The molecule has 3 heterocycles. The van der Waals surface area contributed by atoms with Gasteiger partial charge in [0.15, 0.2) is 0 Å². The minimum atomic E-state index is -4.41. The monoisotopic (exact) mass is 491 g/mol. The van der Waals surface area contributed by atoms with Gasteiger partial charge in [0.2, 0.25) is 0 Å². The summed E-state index contributed by atoms with van der Waals surface area (Å²) < 4.78 is 57.9. The standard InChI is InChI=1S/C27H32F3NO4/c1-15(33-4)23-21-22(20-18(31-23)13-25(2,3)14-19(20)32)26(9-11-34-12-10-26)35-24(21)16-5-7-17(8-6-16)27(28,29)30/h5-8,15,19,24,32H,9-14H2,1-4H3/t15?,19-,24+/m0/s1. The van der Waals surface area contributed by atoms with E-state index in [-0.39, 0.29) is 11.5 Å². The van der Waals surface area contributed by atoms with Crippen molar-refractivity contribution in [3.63, 3.8) is 0 Å². The number of aliphatic hydroxyl groups is 1. The van der Waals surface area contributed by atoms with Gasteiger partial charge in [-0.25, -0.2) is 0 Å². The molecule has 2 aromatic rings. The molecular formula is C27H32F3NO4. The maximum atomic E-state index is 13.2. The second-order valence-corrected chi connectivity index (χ2v) is 10.8. The summed E-state index contributed by atoms with van der Waals surface area (Å²) in [5, 5.41) is 11.4. The summed E-state index contributed by atoms with van der Waals surface area (Å²) in [7, 11) is 1.62. The van der Waals surface area contributed by atoms with E-state index in [4.69, 9.17) is 19.2 Å². The summed E-state index contributed by atoms with van der Waals surface area (Å²) >= 11 is 0. The maximum absolute atomic E-state index is 13.2. The second kappa shape index (κ2) is 8.54. The molecule has 3 aliphatic rings. The van der Waals surface area contributed by atoms with Gasteiger partial charge in [-0.2, -0.15) is 13.2 Å². The molecule has 35 heavy (non-hydrogen) atoms. The average Bonchev–Trinajstić information content (AvgIpc) is 3.11. The predicted octanol–water partition coefficient (Wildman–Crippen LogP) is 5.94. The summed E-state index contributed by atoms with van der Waals surface area (Å²) in [6.45, 7) is 7.18. The number of hydrogen-bond donors (Lipinski definition) is 1. The lowest BCUT2D eigenvalue weighted by molar-refractivity contribution is -0.137. The number of ether oxygens (including phenoxy) is 3. The number of alkyl halides is 3. The first kappa shape index (κ1) is 24.7. The van der Waals surface area contributed by atoms with Crippen molar-refractivity contribution >= 4 is 0 Å². The van der Waals surface area contributed by atoms with Crippen molar-refractivity contribution in [1.29, 1.82) is 0 Å². The Morgan fingerprint density at radius 1 is 1.11 bits per heavy atom. The number of pyridine rings is 1. The van der Waals surface area contributed by atoms with Crippen LogP contribution in [-0.4, -0.2) is 30.4 Å². The second-order valence-electron chi connectivity index (χ2n) is 10.8. The highest BCUT2D eigenvalue weighted by atomic mass is 19.4. The zero-order valence-corrected chi connectivity index (χ0v) is 20.5. The normalized spacial score (nSPS) is 25.8. The zero-order valence-electron chi connectivity index (χ0n) is 20.5. The lowest BCUT2D eigenvalue weighted by Crippen LogP contribution is -2.37. The molecule has 8 heteroatoms. The smallest absolute Gasteiger partial charge is 0.388 e. The largest absolute Gasteiger partial charge is 0.416 e. The predicted molar refractivity (Wildman–Crippen MR) is 123 cm³/mol. The fraction of sp³-hybridized carbons (Fsp3) is 0.593. The van der Waals surface area contributed by atoms with Gasteiger partial charge in [-0.15, -0.1) is 0 Å². The van der Waals surface area contributed by atoms with Gasteiger partial charge in [-0.05, 0) is 48.4 Å². The van der Waals surface area contributed by atoms with Crippen LogP contribution in [0.25, 0.3) is 0 Å². The molecule has 0 bridgehead atoms. The third kappa shape index (κ3) is 4.18. The molecule has 1 spiro atoms. The highest BCUT2D eigenvalue weighted by molar-refractivity contribution is 5.54. The minimum absolute atomic E-state index is 0.115. The third-order valence-electron chi connectivity index (χ3n) is 7.75. The zero-order chi connectivity index (χ0) is 25.2. The first-order chi connectivity index (χ1) is 16.5. The van der Waals surface area contributed by atoms with E-state index in [0.29, 0.717) is 44.5 Å². The first-order valence-electron chi connectivity index (χ1n) is 12.2. The maximum Gasteiger partial charge on any atom is 0.416 e. The number of benzene rings is 1. The van der Waals surface area contributed by atoms with Crippen LogP contribution in [0.3, 0.4) is 0 Å². The molecule has 1 N–H and O–H groups in total. The number of fused-ring (bicyclic) bond motifs is 4. The molecular weight excluding hydrogens is 459 g/mol. The van der Waals surface area contributed by atoms with Crippen LogP contribution in [0.2, 0.25) is 0 Å². The summed E-state index contributed by atoms with van der Waals surface area (Å²) in [5.74, 6) is 0. The number of aromatic nitrogens is 1. The topological polar surface area (TPSA) is 60.8 Å². The highest BCUT2D eigenvalue weighted by Crippen LogP contribution is 2.57. The molecule has 190 valence electrons. The van der Waals surface area contributed by atoms with E-state index in [2.05, 4.69) is 13.8 Å². The van der Waals surface area contributed by atoms with Gasteiger partial charge in [0.05, 0.1) is 29.1 Å². The molecule has 1 aromatic heterocycles. The fourth-order valence-corrected chi connectivity index (χ4v) is 6.00. The quantitative estimate of drug-likeness (QED) is 0.576. The van der Waals surface area contributed by atoms with E-state index in [1.807, 2.05) is 6.92 Å². The van der Waals surface area contributed by atoms with Gasteiger partial charge in [-0.3, -0.25) is 4.98 Å². The Morgan fingerprint density at radius 3 is 2.37 bits per heavy atom. The van der Waals surface area contributed by atoms with Gasteiger partial charge >= 0.3 is 6.18 Å². The molecule has 5 rings (SSSR count). The molecule has 3 atom stereocenters. The van der Waals surface area contributed by atoms with Crippen LogP contribution >= 0.6 is 0 Å². The molecule has 0 amide bonds. The molecule has 0 saturated carbocycles. The van der Waals surface area contributed by atoms with Crippen LogP contribution in [0.15, 0.2) is 24.3 Å². The number of aliphatic hydroxyl groups excluding tert-OH is 1. The van der Waals surface area contributed by atoms with Crippen LogP contribution in [0.5, 0.6) is 0 Å². The van der Waals surface area contributed by atoms with Crippen LogP contribution in [0, 0.1) is 5.41 Å². The van der Waals surface area contributed by atoms with Gasteiger partial charge in [0.25, 0.3) is 0 Å². The Bertz CT molecular complexity index is 1110. The Morgan fingerprint density at radius 2 is 1.77 bits per heavy atom. The number of nitrogens with zero attached hydrogens (tertiary/aromatic N) is 1. The first-order valence-corrected chi connectivity index (χ1v) is 12.2. The summed E-state index contributed by atoms with van der Waals surface area (Å²) in [6.07, 6.45) is -3.56. The van der Waals surface area contributed by atoms with E-state index in [1.165, 1.54) is 12.1 Å². The molecule has 1 fully saturated rings. The Balaban J connectivity index is 1.75. The van der Waals surface area contributed by atoms with Gasteiger partial charge in [0, 0.05) is 50.0 Å². The lowest BCUT2D eigenvalue weighted by atomic mass is 9.70. The molecule has 1 aromatic carbocycles. The lowest BCUT2D eigenvalue weighted by Gasteiger charge is -2.40. The fourth-order valence-electron chi connectivity index (χ4n) is 6.00. The van der Waals surface area contributed by atoms with E-state index in [1.54, 1.807) is 7.11 Å². The van der Waals surface area contributed by atoms with Crippen LogP contribution in [0.1, 0.15) is 97.6 Å². The van der Waals surface area contributed by atoms with Crippen LogP contribution in [0.4, 0.5) is 13.2 Å². The number of hydrogen-bond acceptors (Lipinski definition) is 5. The summed E-state index contributed by atoms with van der Waals surface area (Å²) in [6, 6.07) is 5.15. The average molecular weight is 492 g/mol. The summed E-state index contributed by atoms with van der Waals surface area (Å²) in [4.78, 5) is 5.04. The molecule has 1 unspecified atom stereocenters. The number of halogens is 3. The van der Waals surface area contributed by atoms with Crippen molar-refractivity contribution in [2.75, 3.05) is 20.3 Å². The van der Waals surface area contributed by atoms with E-state index in [9.17, 15) is 18.3 Å². The van der Waals surface area contributed by atoms with Crippen molar-refractivity contribution in [3.05, 3.63) is 63.5 Å². The molecule has 2 aliphatic heterocycles. The van der Waals surface area contributed by atoms with Gasteiger partial charge in [0.1, 0.15) is 6.10 Å². The van der Waals surface area contributed by atoms with Crippen molar-refractivity contribution in [2.45, 2.75) is 76.5 Å². The van der Waals surface area contributed by atoms with Crippen molar-refractivity contribution in [2.24, 2.45) is 5.41 Å². The van der Waals surface area contributed by atoms with Gasteiger partial charge < -0.3 is 19.3 Å². The van der Waals surface area contributed by atoms with E-state index < -0.39 is 29.5 Å². The minimum Gasteiger partial charge on any atom is -0.388 e. The number of methoxy groups -OCH3 is 1. The SMILES string of the molecule is COC(C)c1nc2c(c3c1[C@@H](c1ccc(C(F)(F)F)cc1)OC31CCOCC1)[C@@H](O)CC(C)(C)C2. The van der Waals surface area contributed by atoms with E-state index >= 15 is 0 Å². The third-order valence-corrected chi connectivity index (χ3v) is 7.75. The van der Waals surface area contributed by atoms with Gasteiger partial charge in [-0.1, -0.05) is 26.0 Å². The molecule has 1 aliphatic carbocycles. The van der Waals surface area contributed by atoms with Crippen LogP contribution < -0.4 is 0 Å². The molecule has 1 saturated heterocycles. The Labute approximate surface area is 203 Å². The van der Waals surface area contributed by atoms with Crippen molar-refractivity contribution in [3.8, 4) is 0 Å². The van der Waals surface area contributed by atoms with Crippen molar-refractivity contribution < 1.29 is 32.5 Å². The Kier molecular flexibility index (Phi) is 6.02. The number of rotatable bonds is 3. The Hall–Kier alpha value is -2.00. The molecule has 0 radical (unpaired) electrons. The summed E-state index contributed by atoms with van der Waals surface area (Å²) in [5.41, 5.74) is 3.27. The molecule has 5 nitrogen and oxygen atoms in total. The van der Waals surface area contributed by atoms with Crippen molar-refractivity contribution in [1.82, 2.24) is 4.98 Å². The highest BCUT2D eigenvalue weighted by Gasteiger charge is 2.52.